The molecule has 0 bridgehead atoms. The number of hydrogen-bond donors (Lipinski definition) is 1. The van der Waals surface area contributed by atoms with Crippen LogP contribution >= 0.6 is 0 Å². The van der Waals surface area contributed by atoms with Gasteiger partial charge in [0.05, 0.1) is 6.61 Å². The summed E-state index contributed by atoms with van der Waals surface area (Å²) in [5.41, 5.74) is 3.15. The lowest BCUT2D eigenvalue weighted by atomic mass is 10.1. The minimum absolute atomic E-state index is 0.00243. The predicted octanol–water partition coefficient (Wildman–Crippen LogP) is 2.17. The fourth-order valence-electron chi connectivity index (χ4n) is 3.63. The number of fused-ring (bicyclic) bond motifs is 1. The van der Waals surface area contributed by atoms with Crippen molar-refractivity contribution in [3.05, 3.63) is 59.7 Å². The van der Waals surface area contributed by atoms with E-state index >= 15 is 0 Å². The summed E-state index contributed by atoms with van der Waals surface area (Å²) in [6.45, 7) is 6.41. The molecule has 4 rings (SSSR count). The lowest BCUT2D eigenvalue weighted by Gasteiger charge is -2.36. The van der Waals surface area contributed by atoms with Crippen molar-refractivity contribution in [3.63, 3.8) is 0 Å². The molecule has 1 N–H and O–H groups in total. The number of nitrogens with one attached hydrogen (secondary N) is 1. The van der Waals surface area contributed by atoms with Gasteiger partial charge in [-0.05, 0) is 35.9 Å². The van der Waals surface area contributed by atoms with Gasteiger partial charge >= 0.3 is 0 Å². The highest BCUT2D eigenvalue weighted by Crippen LogP contribution is 2.25. The van der Waals surface area contributed by atoms with Crippen LogP contribution in [0.5, 0.6) is 5.75 Å². The van der Waals surface area contributed by atoms with Gasteiger partial charge < -0.3 is 15.0 Å². The maximum absolute atomic E-state index is 12.3. The molecular formula is C21H25N3O2. The quantitative estimate of drug-likeness (QED) is 0.897. The van der Waals surface area contributed by atoms with Crippen molar-refractivity contribution >= 4 is 11.6 Å². The Morgan fingerprint density at radius 1 is 1.04 bits per heavy atom. The first kappa shape index (κ1) is 16.9. The monoisotopic (exact) mass is 351 g/mol. The fraction of sp³-hybridized carbons (Fsp3) is 0.381. The minimum Gasteiger partial charge on any atom is -0.493 e. The van der Waals surface area contributed by atoms with E-state index in [4.69, 9.17) is 4.74 Å². The first-order valence-electron chi connectivity index (χ1n) is 9.36. The van der Waals surface area contributed by atoms with Crippen LogP contribution in [0.1, 0.15) is 15.9 Å². The molecule has 0 aromatic heterocycles. The Labute approximate surface area is 154 Å². The Hall–Kier alpha value is -2.53. The molecular weight excluding hydrogens is 326 g/mol. The van der Waals surface area contributed by atoms with Crippen LogP contribution in [-0.2, 0) is 6.42 Å². The van der Waals surface area contributed by atoms with Crippen LogP contribution < -0.4 is 15.0 Å². The molecule has 1 saturated heterocycles. The Balaban J connectivity index is 1.21. The first-order valence-corrected chi connectivity index (χ1v) is 9.36. The summed E-state index contributed by atoms with van der Waals surface area (Å²) in [4.78, 5) is 17.2. The number of hydrogen-bond acceptors (Lipinski definition) is 4. The third kappa shape index (κ3) is 3.83. The fourth-order valence-corrected chi connectivity index (χ4v) is 3.63. The number of para-hydroxylation sites is 1. The third-order valence-corrected chi connectivity index (χ3v) is 5.16. The number of nitrogens with zero attached hydrogens (tertiary/aromatic N) is 2. The van der Waals surface area contributed by atoms with Gasteiger partial charge in [0.1, 0.15) is 5.75 Å². The van der Waals surface area contributed by atoms with Gasteiger partial charge in [-0.3, -0.25) is 9.69 Å². The van der Waals surface area contributed by atoms with E-state index in [1.165, 1.54) is 5.69 Å². The molecule has 0 aliphatic carbocycles. The second kappa shape index (κ2) is 7.79. The van der Waals surface area contributed by atoms with Crippen molar-refractivity contribution in [1.82, 2.24) is 10.2 Å². The molecule has 0 saturated carbocycles. The SMILES string of the molecule is O=C(NCCN1CCN(c2ccccc2)CC1)c1ccc2c(c1)CCO2. The van der Waals surface area contributed by atoms with Crippen molar-refractivity contribution < 1.29 is 9.53 Å². The van der Waals surface area contributed by atoms with Gasteiger partial charge in [-0.25, -0.2) is 0 Å². The van der Waals surface area contributed by atoms with E-state index in [0.717, 1.165) is 62.6 Å². The molecule has 1 amide bonds. The van der Waals surface area contributed by atoms with Crippen LogP contribution in [0.2, 0.25) is 0 Å². The van der Waals surface area contributed by atoms with Crippen molar-refractivity contribution in [3.8, 4) is 5.75 Å². The zero-order chi connectivity index (χ0) is 17.8. The number of ether oxygens (including phenoxy) is 1. The second-order valence-electron chi connectivity index (χ2n) is 6.84. The van der Waals surface area contributed by atoms with E-state index in [2.05, 4.69) is 45.4 Å². The molecule has 0 spiro atoms. The summed E-state index contributed by atoms with van der Waals surface area (Å²) in [5, 5.41) is 3.05. The molecule has 5 heteroatoms. The molecule has 2 aliphatic rings. The molecule has 0 radical (unpaired) electrons. The van der Waals surface area contributed by atoms with Crippen LogP contribution in [0, 0.1) is 0 Å². The highest BCUT2D eigenvalue weighted by molar-refractivity contribution is 5.94. The maximum atomic E-state index is 12.3. The second-order valence-corrected chi connectivity index (χ2v) is 6.84. The zero-order valence-corrected chi connectivity index (χ0v) is 15.0. The van der Waals surface area contributed by atoms with Gasteiger partial charge in [0.25, 0.3) is 5.91 Å². The van der Waals surface area contributed by atoms with Gasteiger partial charge in [0, 0.05) is 56.9 Å². The van der Waals surface area contributed by atoms with Crippen LogP contribution in [0.25, 0.3) is 0 Å². The summed E-state index contributed by atoms with van der Waals surface area (Å²) >= 11 is 0. The van der Waals surface area contributed by atoms with Crippen molar-refractivity contribution in [1.29, 1.82) is 0 Å². The Morgan fingerprint density at radius 2 is 1.85 bits per heavy atom. The summed E-state index contributed by atoms with van der Waals surface area (Å²) in [6.07, 6.45) is 0.891. The molecule has 5 nitrogen and oxygen atoms in total. The first-order chi connectivity index (χ1) is 12.8. The highest BCUT2D eigenvalue weighted by Gasteiger charge is 2.18. The summed E-state index contributed by atoms with van der Waals surface area (Å²) in [7, 11) is 0. The van der Waals surface area contributed by atoms with Crippen LogP contribution in [0.3, 0.4) is 0 Å². The predicted molar refractivity (Wildman–Crippen MR) is 103 cm³/mol. The molecule has 26 heavy (non-hydrogen) atoms. The van der Waals surface area contributed by atoms with Gasteiger partial charge in [0.15, 0.2) is 0 Å². The topological polar surface area (TPSA) is 44.8 Å². The highest BCUT2D eigenvalue weighted by atomic mass is 16.5. The molecule has 2 aliphatic heterocycles. The van der Waals surface area contributed by atoms with Gasteiger partial charge in [0.2, 0.25) is 0 Å². The lowest BCUT2D eigenvalue weighted by Crippen LogP contribution is -2.48. The third-order valence-electron chi connectivity index (χ3n) is 5.16. The van der Waals surface area contributed by atoms with E-state index in [9.17, 15) is 4.79 Å². The van der Waals surface area contributed by atoms with Crippen molar-refractivity contribution in [2.45, 2.75) is 6.42 Å². The van der Waals surface area contributed by atoms with Gasteiger partial charge in [-0.2, -0.15) is 0 Å². The van der Waals surface area contributed by atoms with Gasteiger partial charge in [-0.15, -0.1) is 0 Å². The van der Waals surface area contributed by atoms with Crippen LogP contribution in [-0.4, -0.2) is 56.7 Å². The number of carbonyl (C=O) groups is 1. The van der Waals surface area contributed by atoms with Crippen LogP contribution in [0.4, 0.5) is 5.69 Å². The van der Waals surface area contributed by atoms with Crippen molar-refractivity contribution in [2.75, 3.05) is 50.8 Å². The Morgan fingerprint density at radius 3 is 2.65 bits per heavy atom. The van der Waals surface area contributed by atoms with Crippen molar-refractivity contribution in [2.24, 2.45) is 0 Å². The molecule has 136 valence electrons. The van der Waals surface area contributed by atoms with E-state index in [-0.39, 0.29) is 5.91 Å². The molecule has 0 atom stereocenters. The summed E-state index contributed by atoms with van der Waals surface area (Å²) < 4.78 is 5.49. The average Bonchev–Trinajstić information content (AvgIpc) is 3.17. The number of anilines is 1. The van der Waals surface area contributed by atoms with E-state index in [1.54, 1.807) is 0 Å². The number of rotatable bonds is 5. The zero-order valence-electron chi connectivity index (χ0n) is 15.0. The van der Waals surface area contributed by atoms with E-state index in [0.29, 0.717) is 6.54 Å². The van der Waals surface area contributed by atoms with E-state index in [1.807, 2.05) is 18.2 Å². The summed E-state index contributed by atoms with van der Waals surface area (Å²) in [6, 6.07) is 16.3. The Kier molecular flexibility index (Phi) is 5.07. The molecule has 2 aromatic rings. The molecule has 2 heterocycles. The standard InChI is InChI=1S/C21H25N3O2/c25-21(18-6-7-20-17(16-18)8-15-26-20)22-9-10-23-11-13-24(14-12-23)19-4-2-1-3-5-19/h1-7,16H,8-15H2,(H,22,25). The van der Waals surface area contributed by atoms with Crippen LogP contribution in [0.15, 0.2) is 48.5 Å². The summed E-state index contributed by atoms with van der Waals surface area (Å²) in [5.74, 6) is 0.917. The maximum Gasteiger partial charge on any atom is 0.251 e. The van der Waals surface area contributed by atoms with Gasteiger partial charge in [-0.1, -0.05) is 18.2 Å². The average molecular weight is 351 g/mol. The molecule has 1 fully saturated rings. The number of amides is 1. The molecule has 0 unspecified atom stereocenters. The number of carbonyl (C=O) groups excluding carboxylic acids is 1. The largest absolute Gasteiger partial charge is 0.493 e. The van der Waals surface area contributed by atoms with E-state index < -0.39 is 0 Å². The molecule has 2 aromatic carbocycles. The Bertz CT molecular complexity index is 755. The number of piperazine rings is 1. The number of benzene rings is 2. The minimum atomic E-state index is 0.00243. The lowest BCUT2D eigenvalue weighted by molar-refractivity contribution is 0.0947. The smallest absolute Gasteiger partial charge is 0.251 e. The normalized spacial score (nSPS) is 16.8.